The van der Waals surface area contributed by atoms with Crippen LogP contribution in [0.3, 0.4) is 0 Å². The normalized spacial score (nSPS) is 25.0. The maximum Gasteiger partial charge on any atom is 0.414 e. The maximum absolute atomic E-state index is 15.1. The van der Waals surface area contributed by atoms with Crippen LogP contribution in [0.4, 0.5) is 20.6 Å². The van der Waals surface area contributed by atoms with Gasteiger partial charge >= 0.3 is 6.09 Å². The van der Waals surface area contributed by atoms with E-state index in [2.05, 4.69) is 5.32 Å². The minimum Gasteiger partial charge on any atom is -0.442 e. The molecule has 0 saturated carbocycles. The molecule has 3 saturated heterocycles. The molecular formula is C22H29FN4O5. The number of piperidine rings is 1. The Balaban J connectivity index is 1.44. The van der Waals surface area contributed by atoms with E-state index in [1.807, 2.05) is 9.80 Å². The molecule has 1 aromatic carbocycles. The smallest absolute Gasteiger partial charge is 0.414 e. The van der Waals surface area contributed by atoms with Gasteiger partial charge in [0.25, 0.3) is 0 Å². The predicted molar refractivity (Wildman–Crippen MR) is 115 cm³/mol. The first-order valence-corrected chi connectivity index (χ1v) is 10.9. The number of cyclic esters (lactones) is 1. The van der Waals surface area contributed by atoms with Crippen molar-refractivity contribution < 1.29 is 28.2 Å². The number of nitrogens with zero attached hydrogens (tertiary/aromatic N) is 3. The van der Waals surface area contributed by atoms with Gasteiger partial charge in [-0.1, -0.05) is 0 Å². The maximum atomic E-state index is 15.1. The van der Waals surface area contributed by atoms with Crippen molar-refractivity contribution in [1.82, 2.24) is 10.2 Å². The fourth-order valence-corrected chi connectivity index (χ4v) is 4.91. The van der Waals surface area contributed by atoms with Crippen molar-refractivity contribution in [2.75, 3.05) is 56.2 Å². The SMILES string of the molecule is COCC(=O)N1CCCC2CN(c3ccc(N4CC(CNC(C)=O)OC4=O)cc3F)CC21. The lowest BCUT2D eigenvalue weighted by molar-refractivity contribution is -0.139. The van der Waals surface area contributed by atoms with E-state index in [-0.39, 0.29) is 37.6 Å². The highest BCUT2D eigenvalue weighted by Crippen LogP contribution is 2.36. The van der Waals surface area contributed by atoms with E-state index in [1.165, 1.54) is 25.0 Å². The van der Waals surface area contributed by atoms with Crippen LogP contribution in [0.2, 0.25) is 0 Å². The van der Waals surface area contributed by atoms with Gasteiger partial charge in [0.2, 0.25) is 11.8 Å². The summed E-state index contributed by atoms with van der Waals surface area (Å²) >= 11 is 0. The monoisotopic (exact) mass is 448 g/mol. The molecular weight excluding hydrogens is 419 g/mol. The number of likely N-dealkylation sites (tertiary alicyclic amines) is 1. The molecule has 0 aromatic heterocycles. The van der Waals surface area contributed by atoms with Gasteiger partial charge in [-0.25, -0.2) is 9.18 Å². The standard InChI is InChI=1S/C22H29FN4O5/c1-14(28)24-9-17-11-27(22(30)32-17)16-5-6-19(18(23)8-16)25-10-15-4-3-7-26(20(15)12-25)21(29)13-31-2/h5-6,8,15,17,20H,3-4,7,9-13H2,1-2H3,(H,24,28). The largest absolute Gasteiger partial charge is 0.442 e. The molecule has 174 valence electrons. The Morgan fingerprint density at radius 2 is 2.09 bits per heavy atom. The number of ether oxygens (including phenoxy) is 2. The zero-order chi connectivity index (χ0) is 22.8. The minimum atomic E-state index is -0.563. The van der Waals surface area contributed by atoms with Crippen LogP contribution in [0.5, 0.6) is 0 Å². The fourth-order valence-electron chi connectivity index (χ4n) is 4.91. The van der Waals surface area contributed by atoms with Crippen molar-refractivity contribution in [2.24, 2.45) is 5.92 Å². The van der Waals surface area contributed by atoms with Gasteiger partial charge in [-0.05, 0) is 37.0 Å². The number of hydrogen-bond acceptors (Lipinski definition) is 6. The summed E-state index contributed by atoms with van der Waals surface area (Å²) in [5.41, 5.74) is 0.875. The van der Waals surface area contributed by atoms with Gasteiger partial charge < -0.3 is 24.6 Å². The first-order valence-electron chi connectivity index (χ1n) is 10.9. The molecule has 9 nitrogen and oxygen atoms in total. The molecule has 3 atom stereocenters. The van der Waals surface area contributed by atoms with Gasteiger partial charge in [0.1, 0.15) is 18.5 Å². The molecule has 1 aromatic rings. The van der Waals surface area contributed by atoms with E-state index in [9.17, 15) is 14.4 Å². The Morgan fingerprint density at radius 3 is 2.81 bits per heavy atom. The highest BCUT2D eigenvalue weighted by Gasteiger charge is 2.41. The lowest BCUT2D eigenvalue weighted by Crippen LogP contribution is -2.49. The lowest BCUT2D eigenvalue weighted by atomic mass is 9.92. The minimum absolute atomic E-state index is 0.0266. The predicted octanol–water partition coefficient (Wildman–Crippen LogP) is 1.36. The number of fused-ring (bicyclic) bond motifs is 1. The Hall–Kier alpha value is -2.88. The second kappa shape index (κ2) is 9.32. The molecule has 3 amide bonds. The van der Waals surface area contributed by atoms with Crippen molar-refractivity contribution in [3.63, 3.8) is 0 Å². The summed E-state index contributed by atoms with van der Waals surface area (Å²) in [6.45, 7) is 3.86. The zero-order valence-corrected chi connectivity index (χ0v) is 18.4. The van der Waals surface area contributed by atoms with Crippen LogP contribution < -0.4 is 15.1 Å². The average Bonchev–Trinajstić information content (AvgIpc) is 3.35. The first kappa shape index (κ1) is 22.3. The quantitative estimate of drug-likeness (QED) is 0.707. The number of rotatable bonds is 6. The first-order chi connectivity index (χ1) is 15.4. The summed E-state index contributed by atoms with van der Waals surface area (Å²) in [5, 5.41) is 2.62. The summed E-state index contributed by atoms with van der Waals surface area (Å²) in [6.07, 6.45) is 0.897. The number of hydrogen-bond donors (Lipinski definition) is 1. The number of benzene rings is 1. The highest BCUT2D eigenvalue weighted by atomic mass is 19.1. The molecule has 10 heteroatoms. The summed E-state index contributed by atoms with van der Waals surface area (Å²) in [6, 6.07) is 4.77. The van der Waals surface area contributed by atoms with Gasteiger partial charge in [0, 0.05) is 33.7 Å². The van der Waals surface area contributed by atoms with Crippen LogP contribution in [-0.4, -0.2) is 81.4 Å². The van der Waals surface area contributed by atoms with Gasteiger partial charge in [-0.15, -0.1) is 0 Å². The summed E-state index contributed by atoms with van der Waals surface area (Å²) in [4.78, 5) is 40.9. The lowest BCUT2D eigenvalue weighted by Gasteiger charge is -2.36. The Morgan fingerprint density at radius 1 is 1.28 bits per heavy atom. The van der Waals surface area contributed by atoms with Crippen LogP contribution >= 0.6 is 0 Å². The summed E-state index contributed by atoms with van der Waals surface area (Å²) in [5.74, 6) is -0.356. The molecule has 3 unspecified atom stereocenters. The highest BCUT2D eigenvalue weighted by molar-refractivity contribution is 5.90. The van der Waals surface area contributed by atoms with Gasteiger partial charge in [-0.3, -0.25) is 14.5 Å². The van der Waals surface area contributed by atoms with Gasteiger partial charge in [-0.2, -0.15) is 0 Å². The van der Waals surface area contributed by atoms with E-state index in [0.29, 0.717) is 36.9 Å². The Labute approximate surface area is 186 Å². The molecule has 3 fully saturated rings. The molecule has 32 heavy (non-hydrogen) atoms. The zero-order valence-electron chi connectivity index (χ0n) is 18.4. The van der Waals surface area contributed by atoms with Gasteiger partial charge in [0.15, 0.2) is 0 Å². The van der Waals surface area contributed by atoms with Crippen molar-refractivity contribution in [3.8, 4) is 0 Å². The van der Waals surface area contributed by atoms with Crippen molar-refractivity contribution >= 4 is 29.3 Å². The van der Waals surface area contributed by atoms with Crippen LogP contribution in [0.25, 0.3) is 0 Å². The van der Waals surface area contributed by atoms with E-state index in [0.717, 1.165) is 12.8 Å². The average molecular weight is 448 g/mol. The van der Waals surface area contributed by atoms with Crippen LogP contribution in [0, 0.1) is 11.7 Å². The number of anilines is 2. The number of carbonyl (C=O) groups is 3. The molecule has 0 aliphatic carbocycles. The topological polar surface area (TPSA) is 91.4 Å². The van der Waals surface area contributed by atoms with E-state index < -0.39 is 18.0 Å². The third-order valence-electron chi connectivity index (χ3n) is 6.41. The number of carbonyl (C=O) groups excluding carboxylic acids is 3. The molecule has 3 heterocycles. The van der Waals surface area contributed by atoms with E-state index in [4.69, 9.17) is 9.47 Å². The number of methoxy groups -OCH3 is 1. The van der Waals surface area contributed by atoms with Crippen molar-refractivity contribution in [2.45, 2.75) is 31.9 Å². The molecule has 3 aliphatic rings. The fraction of sp³-hybridized carbons (Fsp3) is 0.591. The van der Waals surface area contributed by atoms with Crippen LogP contribution in [-0.2, 0) is 19.1 Å². The van der Waals surface area contributed by atoms with Crippen molar-refractivity contribution in [3.05, 3.63) is 24.0 Å². The summed E-state index contributed by atoms with van der Waals surface area (Å²) in [7, 11) is 1.51. The second-order valence-corrected chi connectivity index (χ2v) is 8.58. The van der Waals surface area contributed by atoms with Gasteiger partial charge in [0.05, 0.1) is 30.5 Å². The van der Waals surface area contributed by atoms with E-state index in [1.54, 1.807) is 12.1 Å². The molecule has 0 bridgehead atoms. The number of nitrogens with one attached hydrogen (secondary N) is 1. The molecule has 4 rings (SSSR count). The van der Waals surface area contributed by atoms with Crippen LogP contribution in [0.1, 0.15) is 19.8 Å². The summed E-state index contributed by atoms with van der Waals surface area (Å²) < 4.78 is 25.4. The van der Waals surface area contributed by atoms with Crippen LogP contribution in [0.15, 0.2) is 18.2 Å². The molecule has 1 N–H and O–H groups in total. The second-order valence-electron chi connectivity index (χ2n) is 8.58. The third-order valence-corrected chi connectivity index (χ3v) is 6.41. The Kier molecular flexibility index (Phi) is 6.50. The molecule has 0 radical (unpaired) electrons. The molecule has 0 spiro atoms. The number of amides is 3. The third kappa shape index (κ3) is 4.50. The number of halogens is 1. The van der Waals surface area contributed by atoms with Crippen molar-refractivity contribution in [1.29, 1.82) is 0 Å². The Bertz CT molecular complexity index is 897. The van der Waals surface area contributed by atoms with E-state index >= 15 is 4.39 Å². The molecule has 3 aliphatic heterocycles.